The third kappa shape index (κ3) is 5.14. The van der Waals surface area contributed by atoms with E-state index in [9.17, 15) is 0 Å². The van der Waals surface area contributed by atoms with E-state index in [1.807, 2.05) is 6.92 Å². The van der Waals surface area contributed by atoms with Crippen LogP contribution in [-0.2, 0) is 4.74 Å². The molecule has 0 spiro atoms. The third-order valence-electron chi connectivity index (χ3n) is 3.55. The summed E-state index contributed by atoms with van der Waals surface area (Å²) in [5.41, 5.74) is 1.34. The highest BCUT2D eigenvalue weighted by Gasteiger charge is 2.23. The van der Waals surface area contributed by atoms with Crippen molar-refractivity contribution in [2.45, 2.75) is 51.7 Å². The maximum Gasteiger partial charge on any atom is 0.119 e. The van der Waals surface area contributed by atoms with Gasteiger partial charge in [-0.25, -0.2) is 0 Å². The lowest BCUT2D eigenvalue weighted by atomic mass is 10.0. The fourth-order valence-electron chi connectivity index (χ4n) is 2.32. The van der Waals surface area contributed by atoms with E-state index < -0.39 is 0 Å². The van der Waals surface area contributed by atoms with E-state index in [2.05, 4.69) is 36.5 Å². The molecule has 1 atom stereocenters. The molecule has 20 heavy (non-hydrogen) atoms. The molecule has 1 aromatic rings. The summed E-state index contributed by atoms with van der Waals surface area (Å²) in [5, 5.41) is 3.55. The SMILES string of the molecule is CCNC(CCCOCC)c1ccc(OC2CC2)cc1. The number of nitrogens with one attached hydrogen (secondary N) is 1. The van der Waals surface area contributed by atoms with E-state index in [0.29, 0.717) is 12.1 Å². The standard InChI is InChI=1S/C17H27NO2/c1-3-18-17(6-5-13-19-4-2)14-7-9-15(10-8-14)20-16-11-12-16/h7-10,16-18H,3-6,11-13H2,1-2H3. The molecule has 1 unspecified atom stereocenters. The summed E-state index contributed by atoms with van der Waals surface area (Å²) in [6, 6.07) is 8.98. The summed E-state index contributed by atoms with van der Waals surface area (Å²) in [4.78, 5) is 0. The van der Waals surface area contributed by atoms with Crippen LogP contribution in [0, 0.1) is 0 Å². The minimum Gasteiger partial charge on any atom is -0.490 e. The van der Waals surface area contributed by atoms with Gasteiger partial charge in [0.05, 0.1) is 6.10 Å². The van der Waals surface area contributed by atoms with Crippen LogP contribution < -0.4 is 10.1 Å². The Morgan fingerprint density at radius 3 is 2.55 bits per heavy atom. The first-order valence-corrected chi connectivity index (χ1v) is 7.91. The van der Waals surface area contributed by atoms with Crippen LogP contribution in [0.1, 0.15) is 51.1 Å². The molecule has 1 N–H and O–H groups in total. The minimum atomic E-state index is 0.412. The average molecular weight is 277 g/mol. The topological polar surface area (TPSA) is 30.5 Å². The number of benzene rings is 1. The Balaban J connectivity index is 1.86. The number of hydrogen-bond acceptors (Lipinski definition) is 3. The van der Waals surface area contributed by atoms with Crippen molar-refractivity contribution in [1.29, 1.82) is 0 Å². The second-order valence-electron chi connectivity index (χ2n) is 5.34. The lowest BCUT2D eigenvalue weighted by Gasteiger charge is -2.18. The maximum absolute atomic E-state index is 5.79. The van der Waals surface area contributed by atoms with E-state index >= 15 is 0 Å². The van der Waals surface area contributed by atoms with Crippen molar-refractivity contribution >= 4 is 0 Å². The van der Waals surface area contributed by atoms with E-state index in [1.165, 1.54) is 18.4 Å². The summed E-state index contributed by atoms with van der Waals surface area (Å²) in [6.07, 6.45) is 5.08. The van der Waals surface area contributed by atoms with Crippen molar-refractivity contribution in [1.82, 2.24) is 5.32 Å². The fraction of sp³-hybridized carbons (Fsp3) is 0.647. The molecular formula is C17H27NO2. The normalized spacial score (nSPS) is 16.1. The predicted molar refractivity (Wildman–Crippen MR) is 82.2 cm³/mol. The van der Waals surface area contributed by atoms with Gasteiger partial charge in [-0.1, -0.05) is 19.1 Å². The van der Waals surface area contributed by atoms with Crippen LogP contribution in [-0.4, -0.2) is 25.9 Å². The lowest BCUT2D eigenvalue weighted by molar-refractivity contribution is 0.141. The fourth-order valence-corrected chi connectivity index (χ4v) is 2.32. The molecule has 3 heteroatoms. The highest BCUT2D eigenvalue weighted by Crippen LogP contribution is 2.28. The largest absolute Gasteiger partial charge is 0.490 e. The van der Waals surface area contributed by atoms with Crippen molar-refractivity contribution < 1.29 is 9.47 Å². The molecule has 112 valence electrons. The number of rotatable bonds is 10. The summed E-state index contributed by atoms with van der Waals surface area (Å²) in [6.45, 7) is 6.83. The maximum atomic E-state index is 5.79. The average Bonchev–Trinajstić information content (AvgIpc) is 3.27. The Labute approximate surface area is 122 Å². The number of hydrogen-bond donors (Lipinski definition) is 1. The second-order valence-corrected chi connectivity index (χ2v) is 5.34. The van der Waals surface area contributed by atoms with Crippen molar-refractivity contribution in [2.24, 2.45) is 0 Å². The first-order chi connectivity index (χ1) is 9.83. The van der Waals surface area contributed by atoms with Crippen LogP contribution in [0.3, 0.4) is 0 Å². The summed E-state index contributed by atoms with van der Waals surface area (Å²) >= 11 is 0. The van der Waals surface area contributed by atoms with Crippen molar-refractivity contribution in [3.05, 3.63) is 29.8 Å². The molecule has 1 fully saturated rings. The van der Waals surface area contributed by atoms with Crippen molar-refractivity contribution in [2.75, 3.05) is 19.8 Å². The van der Waals surface area contributed by atoms with Crippen LogP contribution in [0.25, 0.3) is 0 Å². The second kappa shape index (κ2) is 8.28. The first-order valence-electron chi connectivity index (χ1n) is 7.91. The zero-order chi connectivity index (χ0) is 14.2. The molecule has 1 aliphatic rings. The molecule has 0 aromatic heterocycles. The summed E-state index contributed by atoms with van der Waals surface area (Å²) in [5.74, 6) is 1.00. The summed E-state index contributed by atoms with van der Waals surface area (Å²) in [7, 11) is 0. The lowest BCUT2D eigenvalue weighted by Crippen LogP contribution is -2.21. The predicted octanol–water partition coefficient (Wildman–Crippen LogP) is 3.70. The molecule has 0 radical (unpaired) electrons. The van der Waals surface area contributed by atoms with Gasteiger partial charge in [0.1, 0.15) is 5.75 Å². The van der Waals surface area contributed by atoms with Gasteiger partial charge in [-0.2, -0.15) is 0 Å². The molecule has 0 amide bonds. The van der Waals surface area contributed by atoms with Crippen molar-refractivity contribution in [3.63, 3.8) is 0 Å². The molecular weight excluding hydrogens is 250 g/mol. The molecule has 1 aliphatic carbocycles. The zero-order valence-electron chi connectivity index (χ0n) is 12.7. The molecule has 0 saturated heterocycles. The molecule has 2 rings (SSSR count). The third-order valence-corrected chi connectivity index (χ3v) is 3.55. The summed E-state index contributed by atoms with van der Waals surface area (Å²) < 4.78 is 11.2. The van der Waals surface area contributed by atoms with Crippen LogP contribution in [0.4, 0.5) is 0 Å². The van der Waals surface area contributed by atoms with Gasteiger partial charge >= 0.3 is 0 Å². The Morgan fingerprint density at radius 1 is 1.20 bits per heavy atom. The minimum absolute atomic E-state index is 0.412. The first kappa shape index (κ1) is 15.3. The van der Waals surface area contributed by atoms with Gasteiger partial charge < -0.3 is 14.8 Å². The van der Waals surface area contributed by atoms with Gasteiger partial charge in [0.2, 0.25) is 0 Å². The number of ether oxygens (including phenoxy) is 2. The van der Waals surface area contributed by atoms with Crippen molar-refractivity contribution in [3.8, 4) is 5.75 Å². The van der Waals surface area contributed by atoms with E-state index in [-0.39, 0.29) is 0 Å². The molecule has 0 aliphatic heterocycles. The Morgan fingerprint density at radius 2 is 1.95 bits per heavy atom. The van der Waals surface area contributed by atoms with Crippen LogP contribution >= 0.6 is 0 Å². The Bertz CT molecular complexity index is 373. The van der Waals surface area contributed by atoms with E-state index in [4.69, 9.17) is 9.47 Å². The van der Waals surface area contributed by atoms with Gasteiger partial charge in [-0.05, 0) is 56.8 Å². The highest BCUT2D eigenvalue weighted by atomic mass is 16.5. The highest BCUT2D eigenvalue weighted by molar-refractivity contribution is 5.29. The van der Waals surface area contributed by atoms with E-state index in [0.717, 1.165) is 38.3 Å². The van der Waals surface area contributed by atoms with Gasteiger partial charge in [0, 0.05) is 19.3 Å². The van der Waals surface area contributed by atoms with Gasteiger partial charge in [-0.15, -0.1) is 0 Å². The monoisotopic (exact) mass is 277 g/mol. The van der Waals surface area contributed by atoms with Gasteiger partial charge in [0.15, 0.2) is 0 Å². The Hall–Kier alpha value is -1.06. The van der Waals surface area contributed by atoms with Crippen LogP contribution in [0.5, 0.6) is 5.75 Å². The molecule has 0 bridgehead atoms. The zero-order valence-corrected chi connectivity index (χ0v) is 12.7. The molecule has 0 heterocycles. The van der Waals surface area contributed by atoms with Gasteiger partial charge in [0.25, 0.3) is 0 Å². The molecule has 1 aromatic carbocycles. The van der Waals surface area contributed by atoms with Crippen LogP contribution in [0.15, 0.2) is 24.3 Å². The quantitative estimate of drug-likeness (QED) is 0.662. The molecule has 1 saturated carbocycles. The van der Waals surface area contributed by atoms with Crippen LogP contribution in [0.2, 0.25) is 0 Å². The van der Waals surface area contributed by atoms with Gasteiger partial charge in [-0.3, -0.25) is 0 Å². The van der Waals surface area contributed by atoms with E-state index in [1.54, 1.807) is 0 Å². The Kier molecular flexibility index (Phi) is 6.34. The smallest absolute Gasteiger partial charge is 0.119 e. The molecule has 3 nitrogen and oxygen atoms in total.